The Balaban J connectivity index is 2.13. The second kappa shape index (κ2) is 7.04. The van der Waals surface area contributed by atoms with Gasteiger partial charge >= 0.3 is 0 Å². The quantitative estimate of drug-likeness (QED) is 0.795. The molecule has 1 aromatic heterocycles. The van der Waals surface area contributed by atoms with Crippen LogP contribution in [0.1, 0.15) is 10.5 Å². The molecule has 0 aliphatic rings. The highest BCUT2D eigenvalue weighted by atomic mass is 16.5. The molecule has 6 heteroatoms. The summed E-state index contributed by atoms with van der Waals surface area (Å²) in [6.45, 7) is 3.93. The summed E-state index contributed by atoms with van der Waals surface area (Å²) < 4.78 is 5.14. The molecule has 0 aliphatic heterocycles. The molecule has 0 atom stereocenters. The van der Waals surface area contributed by atoms with Crippen LogP contribution in [-0.2, 0) is 0 Å². The van der Waals surface area contributed by atoms with Gasteiger partial charge in [-0.25, -0.2) is 9.97 Å². The van der Waals surface area contributed by atoms with E-state index in [1.807, 2.05) is 24.3 Å². The predicted octanol–water partition coefficient (Wildman–Crippen LogP) is 2.14. The smallest absolute Gasteiger partial charge is 0.270 e. The van der Waals surface area contributed by atoms with Crippen molar-refractivity contribution in [1.29, 1.82) is 0 Å². The van der Waals surface area contributed by atoms with Gasteiger partial charge in [0.05, 0.1) is 7.11 Å². The molecule has 0 spiro atoms. The van der Waals surface area contributed by atoms with Gasteiger partial charge in [0.1, 0.15) is 11.4 Å². The van der Waals surface area contributed by atoms with Crippen molar-refractivity contribution in [3.8, 4) is 5.75 Å². The maximum atomic E-state index is 11.8. The molecule has 108 valence electrons. The first-order valence-electron chi connectivity index (χ1n) is 6.36. The number of carbonyl (C=O) groups is 1. The number of benzene rings is 1. The highest BCUT2D eigenvalue weighted by molar-refractivity contribution is 5.92. The summed E-state index contributed by atoms with van der Waals surface area (Å²) in [5, 5.41) is 5.69. The summed E-state index contributed by atoms with van der Waals surface area (Å²) in [4.78, 5) is 20.1. The van der Waals surface area contributed by atoms with Crippen molar-refractivity contribution in [2.75, 3.05) is 19.0 Å². The summed E-state index contributed by atoms with van der Waals surface area (Å²) in [5.41, 5.74) is 1.07. The van der Waals surface area contributed by atoms with Crippen LogP contribution >= 0.6 is 0 Å². The van der Waals surface area contributed by atoms with Crippen LogP contribution in [-0.4, -0.2) is 29.5 Å². The zero-order valence-corrected chi connectivity index (χ0v) is 11.7. The summed E-state index contributed by atoms with van der Waals surface area (Å²) in [7, 11) is 1.60. The Hall–Kier alpha value is -2.89. The Morgan fingerprint density at radius 1 is 1.43 bits per heavy atom. The SMILES string of the molecule is C=CCNC(=O)c1ccnc(Nc2cccc(OC)c2)n1. The van der Waals surface area contributed by atoms with E-state index in [1.165, 1.54) is 6.20 Å². The van der Waals surface area contributed by atoms with E-state index in [9.17, 15) is 4.79 Å². The Labute approximate surface area is 122 Å². The molecule has 2 N–H and O–H groups in total. The number of carbonyl (C=O) groups excluding carboxylic acids is 1. The molecule has 2 aromatic rings. The zero-order valence-electron chi connectivity index (χ0n) is 11.7. The van der Waals surface area contributed by atoms with Crippen molar-refractivity contribution in [2.45, 2.75) is 0 Å². The van der Waals surface area contributed by atoms with E-state index < -0.39 is 0 Å². The van der Waals surface area contributed by atoms with Gasteiger partial charge < -0.3 is 15.4 Å². The number of methoxy groups -OCH3 is 1. The summed E-state index contributed by atoms with van der Waals surface area (Å²) in [6, 6.07) is 8.91. The number of amides is 1. The summed E-state index contributed by atoms with van der Waals surface area (Å²) >= 11 is 0. The minimum absolute atomic E-state index is 0.272. The van der Waals surface area contributed by atoms with Crippen LogP contribution in [0.15, 0.2) is 49.2 Å². The van der Waals surface area contributed by atoms with Crippen LogP contribution in [0.2, 0.25) is 0 Å². The number of ether oxygens (including phenoxy) is 1. The van der Waals surface area contributed by atoms with Crippen LogP contribution in [0.4, 0.5) is 11.6 Å². The molecule has 21 heavy (non-hydrogen) atoms. The summed E-state index contributed by atoms with van der Waals surface area (Å²) in [6.07, 6.45) is 3.13. The topological polar surface area (TPSA) is 76.1 Å². The maximum Gasteiger partial charge on any atom is 0.270 e. The predicted molar refractivity (Wildman–Crippen MR) is 80.8 cm³/mol. The van der Waals surface area contributed by atoms with E-state index >= 15 is 0 Å². The van der Waals surface area contributed by atoms with Crippen LogP contribution < -0.4 is 15.4 Å². The fourth-order valence-electron chi connectivity index (χ4n) is 1.63. The third-order valence-corrected chi connectivity index (χ3v) is 2.62. The number of nitrogens with one attached hydrogen (secondary N) is 2. The molecule has 0 bridgehead atoms. The lowest BCUT2D eigenvalue weighted by molar-refractivity contribution is 0.0953. The van der Waals surface area contributed by atoms with Gasteiger partial charge in [0.15, 0.2) is 0 Å². The van der Waals surface area contributed by atoms with Crippen LogP contribution in [0.5, 0.6) is 5.75 Å². The normalized spacial score (nSPS) is 9.76. The molecular weight excluding hydrogens is 268 g/mol. The average molecular weight is 284 g/mol. The van der Waals surface area contributed by atoms with E-state index in [1.54, 1.807) is 19.3 Å². The average Bonchev–Trinajstić information content (AvgIpc) is 2.53. The van der Waals surface area contributed by atoms with Crippen molar-refractivity contribution in [1.82, 2.24) is 15.3 Å². The van der Waals surface area contributed by atoms with Gasteiger partial charge in [-0.05, 0) is 18.2 Å². The van der Waals surface area contributed by atoms with Crippen molar-refractivity contribution < 1.29 is 9.53 Å². The van der Waals surface area contributed by atoms with Crippen molar-refractivity contribution in [2.24, 2.45) is 0 Å². The molecule has 2 rings (SSSR count). The minimum Gasteiger partial charge on any atom is -0.497 e. The lowest BCUT2D eigenvalue weighted by atomic mass is 10.3. The lowest BCUT2D eigenvalue weighted by Crippen LogP contribution is -2.24. The second-order valence-corrected chi connectivity index (χ2v) is 4.12. The Morgan fingerprint density at radius 3 is 3.05 bits per heavy atom. The van der Waals surface area contributed by atoms with Gasteiger partial charge in [0, 0.05) is 24.5 Å². The largest absolute Gasteiger partial charge is 0.497 e. The van der Waals surface area contributed by atoms with Gasteiger partial charge in [-0.2, -0.15) is 0 Å². The molecule has 0 radical (unpaired) electrons. The highest BCUT2D eigenvalue weighted by Crippen LogP contribution is 2.19. The first-order valence-corrected chi connectivity index (χ1v) is 6.36. The van der Waals surface area contributed by atoms with Gasteiger partial charge in [-0.1, -0.05) is 12.1 Å². The van der Waals surface area contributed by atoms with E-state index in [2.05, 4.69) is 27.2 Å². The van der Waals surface area contributed by atoms with Crippen molar-refractivity contribution >= 4 is 17.5 Å². The number of hydrogen-bond acceptors (Lipinski definition) is 5. The minimum atomic E-state index is -0.272. The number of aromatic nitrogens is 2. The second-order valence-electron chi connectivity index (χ2n) is 4.12. The van der Waals surface area contributed by atoms with E-state index in [4.69, 9.17) is 4.74 Å². The van der Waals surface area contributed by atoms with E-state index in [0.717, 1.165) is 11.4 Å². The van der Waals surface area contributed by atoms with Crippen LogP contribution in [0, 0.1) is 0 Å². The molecule has 0 saturated heterocycles. The molecule has 0 unspecified atom stereocenters. The number of nitrogens with zero attached hydrogens (tertiary/aromatic N) is 2. The third kappa shape index (κ3) is 4.04. The molecule has 6 nitrogen and oxygen atoms in total. The fraction of sp³-hybridized carbons (Fsp3) is 0.133. The monoisotopic (exact) mass is 284 g/mol. The Morgan fingerprint density at radius 2 is 2.29 bits per heavy atom. The van der Waals surface area contributed by atoms with Gasteiger partial charge in [0.2, 0.25) is 5.95 Å². The fourth-order valence-corrected chi connectivity index (χ4v) is 1.63. The lowest BCUT2D eigenvalue weighted by Gasteiger charge is -2.07. The first-order chi connectivity index (χ1) is 10.2. The first kappa shape index (κ1) is 14.5. The van der Waals surface area contributed by atoms with Crippen LogP contribution in [0.3, 0.4) is 0 Å². The van der Waals surface area contributed by atoms with Gasteiger partial charge in [-0.3, -0.25) is 4.79 Å². The number of anilines is 2. The summed E-state index contributed by atoms with van der Waals surface area (Å²) in [5.74, 6) is 0.792. The molecule has 0 aliphatic carbocycles. The van der Waals surface area contributed by atoms with Gasteiger partial charge in [-0.15, -0.1) is 6.58 Å². The number of rotatable bonds is 6. The molecule has 0 saturated carbocycles. The molecule has 1 aromatic carbocycles. The van der Waals surface area contributed by atoms with E-state index in [-0.39, 0.29) is 11.6 Å². The molecule has 0 fully saturated rings. The van der Waals surface area contributed by atoms with Gasteiger partial charge in [0.25, 0.3) is 5.91 Å². The molecular formula is C15H16N4O2. The van der Waals surface area contributed by atoms with Crippen molar-refractivity contribution in [3.63, 3.8) is 0 Å². The molecule has 1 amide bonds. The van der Waals surface area contributed by atoms with Crippen molar-refractivity contribution in [3.05, 3.63) is 54.9 Å². The Kier molecular flexibility index (Phi) is 4.87. The standard InChI is InChI=1S/C15H16N4O2/c1-3-8-16-14(20)13-7-9-17-15(19-13)18-11-5-4-6-12(10-11)21-2/h3-7,9-10H,1,8H2,2H3,(H,16,20)(H,17,18,19). The molecule has 1 heterocycles. The maximum absolute atomic E-state index is 11.8. The van der Waals surface area contributed by atoms with E-state index in [0.29, 0.717) is 12.5 Å². The van der Waals surface area contributed by atoms with Crippen LogP contribution in [0.25, 0.3) is 0 Å². The zero-order chi connectivity index (χ0) is 15.1. The number of hydrogen-bond donors (Lipinski definition) is 2. The Bertz CT molecular complexity index is 643. The third-order valence-electron chi connectivity index (χ3n) is 2.62. The highest BCUT2D eigenvalue weighted by Gasteiger charge is 2.08.